The summed E-state index contributed by atoms with van der Waals surface area (Å²) in [4.78, 5) is 27.6. The summed E-state index contributed by atoms with van der Waals surface area (Å²) in [6.07, 6.45) is 2.07. The summed E-state index contributed by atoms with van der Waals surface area (Å²) in [6, 6.07) is 4.11. The van der Waals surface area contributed by atoms with Gasteiger partial charge in [-0.3, -0.25) is 14.5 Å². The highest BCUT2D eigenvalue weighted by atomic mass is 16.3. The first-order chi connectivity index (χ1) is 10.8. The van der Waals surface area contributed by atoms with Gasteiger partial charge < -0.3 is 15.1 Å². The summed E-state index contributed by atoms with van der Waals surface area (Å²) in [5.41, 5.74) is 5.30. The Balaban J connectivity index is 1.99. The number of hydrogen-bond acceptors (Lipinski definition) is 4. The van der Waals surface area contributed by atoms with E-state index in [0.29, 0.717) is 25.0 Å². The van der Waals surface area contributed by atoms with E-state index in [2.05, 4.69) is 13.8 Å². The lowest BCUT2D eigenvalue weighted by molar-refractivity contribution is -0.134. The van der Waals surface area contributed by atoms with Crippen molar-refractivity contribution in [2.45, 2.75) is 46.2 Å². The minimum Gasteiger partial charge on any atom is -0.464 e. The molecule has 0 radical (unpaired) electrons. The van der Waals surface area contributed by atoms with Crippen LogP contribution in [0.15, 0.2) is 16.5 Å². The molecule has 1 aromatic rings. The van der Waals surface area contributed by atoms with E-state index >= 15 is 0 Å². The fourth-order valence-electron chi connectivity index (χ4n) is 2.75. The Kier molecular flexibility index (Phi) is 5.82. The molecule has 0 atom stereocenters. The Morgan fingerprint density at radius 2 is 2.00 bits per heavy atom. The highest BCUT2D eigenvalue weighted by Gasteiger charge is 2.33. The molecule has 0 bridgehead atoms. The van der Waals surface area contributed by atoms with Gasteiger partial charge in [-0.05, 0) is 37.8 Å². The van der Waals surface area contributed by atoms with Crippen LogP contribution in [0.5, 0.6) is 0 Å². The van der Waals surface area contributed by atoms with E-state index in [9.17, 15) is 9.59 Å². The smallest absolute Gasteiger partial charge is 0.237 e. The quantitative estimate of drug-likeness (QED) is 0.748. The molecular formula is C17H27N3O3. The number of nitrogens with zero attached hydrogens (tertiary/aromatic N) is 2. The number of primary amides is 1. The predicted octanol–water partition coefficient (Wildman–Crippen LogP) is 1.52. The Morgan fingerprint density at radius 1 is 1.30 bits per heavy atom. The second-order valence-corrected chi connectivity index (χ2v) is 6.79. The number of carbonyl (C=O) groups excluding carboxylic acids is 2. The van der Waals surface area contributed by atoms with Crippen molar-refractivity contribution in [2.24, 2.45) is 11.7 Å². The van der Waals surface area contributed by atoms with E-state index < -0.39 is 5.91 Å². The monoisotopic (exact) mass is 321 g/mol. The number of furan rings is 1. The van der Waals surface area contributed by atoms with Crippen molar-refractivity contribution in [2.75, 3.05) is 19.6 Å². The molecule has 6 heteroatoms. The van der Waals surface area contributed by atoms with Gasteiger partial charge in [0.1, 0.15) is 11.5 Å². The standard InChI is InChI=1S/C17H27N3O3/c1-12(2)8-19(10-16(18)21)11-17(22)20(14-5-6-14)9-15-7-4-13(3)23-15/h4,7,12,14H,5-6,8-11H2,1-3H3,(H2,18,21). The first-order valence-electron chi connectivity index (χ1n) is 8.20. The molecule has 23 heavy (non-hydrogen) atoms. The first-order valence-corrected chi connectivity index (χ1v) is 8.20. The normalized spacial score (nSPS) is 14.5. The molecule has 2 rings (SSSR count). The van der Waals surface area contributed by atoms with Crippen LogP contribution in [0, 0.1) is 12.8 Å². The average molecular weight is 321 g/mol. The van der Waals surface area contributed by atoms with Crippen LogP contribution in [0.4, 0.5) is 0 Å². The summed E-state index contributed by atoms with van der Waals surface area (Å²) < 4.78 is 5.59. The largest absolute Gasteiger partial charge is 0.464 e. The molecule has 0 unspecified atom stereocenters. The molecule has 1 saturated carbocycles. The number of rotatable bonds is 9. The molecule has 0 saturated heterocycles. The lowest BCUT2D eigenvalue weighted by Crippen LogP contribution is -2.45. The van der Waals surface area contributed by atoms with Crippen molar-refractivity contribution in [3.63, 3.8) is 0 Å². The van der Waals surface area contributed by atoms with Crippen LogP contribution in [-0.2, 0) is 16.1 Å². The van der Waals surface area contributed by atoms with E-state index in [1.54, 1.807) is 0 Å². The second-order valence-electron chi connectivity index (χ2n) is 6.79. The van der Waals surface area contributed by atoms with Crippen LogP contribution in [-0.4, -0.2) is 47.3 Å². The third-order valence-electron chi connectivity index (χ3n) is 3.79. The molecule has 1 aromatic heterocycles. The van der Waals surface area contributed by atoms with Gasteiger partial charge in [0.05, 0.1) is 19.6 Å². The van der Waals surface area contributed by atoms with Crippen LogP contribution in [0.1, 0.15) is 38.2 Å². The summed E-state index contributed by atoms with van der Waals surface area (Å²) >= 11 is 0. The van der Waals surface area contributed by atoms with E-state index in [0.717, 1.165) is 24.4 Å². The minimum absolute atomic E-state index is 0.0310. The zero-order valence-corrected chi connectivity index (χ0v) is 14.2. The molecule has 1 fully saturated rings. The first kappa shape index (κ1) is 17.5. The number of aryl methyl sites for hydroxylation is 1. The van der Waals surface area contributed by atoms with Gasteiger partial charge in [0.25, 0.3) is 0 Å². The van der Waals surface area contributed by atoms with Gasteiger partial charge in [-0.25, -0.2) is 0 Å². The maximum atomic E-state index is 12.7. The molecule has 6 nitrogen and oxygen atoms in total. The maximum Gasteiger partial charge on any atom is 0.237 e. The van der Waals surface area contributed by atoms with Crippen LogP contribution in [0.3, 0.4) is 0 Å². The predicted molar refractivity (Wildman–Crippen MR) is 87.5 cm³/mol. The Morgan fingerprint density at radius 3 is 2.48 bits per heavy atom. The molecule has 0 aromatic carbocycles. The second kappa shape index (κ2) is 7.64. The molecular weight excluding hydrogens is 294 g/mol. The van der Waals surface area contributed by atoms with Crippen molar-refractivity contribution >= 4 is 11.8 Å². The Labute approximate surface area is 137 Å². The molecule has 2 amide bonds. The third kappa shape index (κ3) is 5.71. The van der Waals surface area contributed by atoms with Gasteiger partial charge in [0, 0.05) is 12.6 Å². The fourth-order valence-corrected chi connectivity index (χ4v) is 2.75. The van der Waals surface area contributed by atoms with Gasteiger partial charge in [-0.15, -0.1) is 0 Å². The van der Waals surface area contributed by atoms with Crippen LogP contribution in [0.25, 0.3) is 0 Å². The van der Waals surface area contributed by atoms with Crippen LogP contribution >= 0.6 is 0 Å². The molecule has 2 N–H and O–H groups in total. The van der Waals surface area contributed by atoms with E-state index in [4.69, 9.17) is 10.2 Å². The number of nitrogens with two attached hydrogens (primary N) is 1. The molecule has 0 spiro atoms. The topological polar surface area (TPSA) is 79.8 Å². The minimum atomic E-state index is -0.405. The maximum absolute atomic E-state index is 12.7. The summed E-state index contributed by atoms with van der Waals surface area (Å²) in [6.45, 7) is 7.51. The van der Waals surface area contributed by atoms with Gasteiger partial charge in [-0.2, -0.15) is 0 Å². The van der Waals surface area contributed by atoms with Gasteiger partial charge in [-0.1, -0.05) is 13.8 Å². The van der Waals surface area contributed by atoms with Crippen molar-refractivity contribution in [1.29, 1.82) is 0 Å². The lowest BCUT2D eigenvalue weighted by atomic mass is 10.2. The summed E-state index contributed by atoms with van der Waals surface area (Å²) in [5.74, 6) is 1.64. The van der Waals surface area contributed by atoms with Crippen LogP contribution < -0.4 is 5.73 Å². The van der Waals surface area contributed by atoms with Gasteiger partial charge in [0.2, 0.25) is 11.8 Å². The van der Waals surface area contributed by atoms with Crippen molar-refractivity contribution in [3.05, 3.63) is 23.7 Å². The Bertz CT molecular complexity index is 549. The van der Waals surface area contributed by atoms with Crippen molar-refractivity contribution < 1.29 is 14.0 Å². The van der Waals surface area contributed by atoms with E-state index in [-0.39, 0.29) is 19.0 Å². The molecule has 128 valence electrons. The zero-order valence-electron chi connectivity index (χ0n) is 14.2. The van der Waals surface area contributed by atoms with E-state index in [1.807, 2.05) is 28.9 Å². The molecule has 1 aliphatic carbocycles. The molecule has 1 heterocycles. The molecule has 0 aliphatic heterocycles. The van der Waals surface area contributed by atoms with Gasteiger partial charge >= 0.3 is 0 Å². The Hall–Kier alpha value is -1.82. The van der Waals surface area contributed by atoms with Crippen molar-refractivity contribution in [3.8, 4) is 0 Å². The highest BCUT2D eigenvalue weighted by Crippen LogP contribution is 2.29. The SMILES string of the molecule is Cc1ccc(CN(C(=O)CN(CC(N)=O)CC(C)C)C2CC2)o1. The fraction of sp³-hybridized carbons (Fsp3) is 0.647. The number of amides is 2. The number of hydrogen-bond donors (Lipinski definition) is 1. The third-order valence-corrected chi connectivity index (χ3v) is 3.79. The lowest BCUT2D eigenvalue weighted by Gasteiger charge is -2.27. The molecule has 1 aliphatic rings. The van der Waals surface area contributed by atoms with E-state index in [1.165, 1.54) is 0 Å². The van der Waals surface area contributed by atoms with Crippen LogP contribution in [0.2, 0.25) is 0 Å². The van der Waals surface area contributed by atoms with Crippen molar-refractivity contribution in [1.82, 2.24) is 9.80 Å². The summed E-state index contributed by atoms with van der Waals surface area (Å²) in [7, 11) is 0. The zero-order chi connectivity index (χ0) is 17.0. The van der Waals surface area contributed by atoms with Gasteiger partial charge in [0.15, 0.2) is 0 Å². The average Bonchev–Trinajstić information content (AvgIpc) is 3.17. The number of carbonyl (C=O) groups is 2. The summed E-state index contributed by atoms with van der Waals surface area (Å²) in [5, 5.41) is 0. The highest BCUT2D eigenvalue weighted by molar-refractivity contribution is 5.80.